The molecule has 0 saturated carbocycles. The van der Waals surface area contributed by atoms with Crippen LogP contribution in [0, 0.1) is 0 Å². The van der Waals surface area contributed by atoms with Crippen molar-refractivity contribution in [3.8, 4) is 11.5 Å². The van der Waals surface area contributed by atoms with E-state index in [9.17, 15) is 31.2 Å². The van der Waals surface area contributed by atoms with Crippen molar-refractivity contribution in [2.24, 2.45) is 5.73 Å². The Kier molecular flexibility index (Phi) is 8.41. The molecule has 1 atom stereocenters. The fourth-order valence-electron chi connectivity index (χ4n) is 3.67. The van der Waals surface area contributed by atoms with Crippen LogP contribution in [0.4, 0.5) is 13.2 Å². The van der Waals surface area contributed by atoms with Crippen molar-refractivity contribution in [1.29, 1.82) is 0 Å². The second-order valence-corrected chi connectivity index (χ2v) is 10.2. The molecule has 200 valence electrons. The summed E-state index contributed by atoms with van der Waals surface area (Å²) in [4.78, 5) is 32.0. The van der Waals surface area contributed by atoms with E-state index in [2.05, 4.69) is 9.97 Å². The number of aromatic nitrogens is 2. The summed E-state index contributed by atoms with van der Waals surface area (Å²) in [6.45, 7) is 0.0503. The summed E-state index contributed by atoms with van der Waals surface area (Å²) >= 11 is 0. The first kappa shape index (κ1) is 27.9. The van der Waals surface area contributed by atoms with Crippen molar-refractivity contribution in [3.63, 3.8) is 0 Å². The number of hydrogen-bond donors (Lipinski definition) is 1. The van der Waals surface area contributed by atoms with E-state index >= 15 is 0 Å². The number of benzene rings is 1. The zero-order valence-electron chi connectivity index (χ0n) is 20.0. The van der Waals surface area contributed by atoms with Gasteiger partial charge in [-0.3, -0.25) is 9.59 Å². The van der Waals surface area contributed by atoms with E-state index < -0.39 is 44.4 Å². The smallest absolute Gasteiger partial charge is 0.433 e. The number of carbonyl (C=O) groups excluding carboxylic acids is 2. The second-order valence-electron chi connectivity index (χ2n) is 8.22. The Bertz CT molecular complexity index is 1310. The van der Waals surface area contributed by atoms with Crippen LogP contribution in [-0.4, -0.2) is 61.6 Å². The van der Waals surface area contributed by atoms with E-state index in [1.807, 2.05) is 0 Å². The number of methoxy groups -OCH3 is 2. The molecule has 0 bridgehead atoms. The lowest BCUT2D eigenvalue weighted by Crippen LogP contribution is -2.36. The van der Waals surface area contributed by atoms with E-state index in [1.54, 1.807) is 18.2 Å². The summed E-state index contributed by atoms with van der Waals surface area (Å²) in [6, 6.07) is 5.71. The summed E-state index contributed by atoms with van der Waals surface area (Å²) in [5.41, 5.74) is 4.04. The largest absolute Gasteiger partial charge is 0.493 e. The number of carbonyl (C=O) groups is 2. The molecule has 3 rings (SSSR count). The molecule has 10 nitrogen and oxygen atoms in total. The predicted octanol–water partition coefficient (Wildman–Crippen LogP) is 2.23. The highest BCUT2D eigenvalue weighted by molar-refractivity contribution is 7.91. The predicted molar refractivity (Wildman–Crippen MR) is 124 cm³/mol. The van der Waals surface area contributed by atoms with Gasteiger partial charge in [0.05, 0.1) is 25.7 Å². The first-order valence-corrected chi connectivity index (χ1v) is 12.6. The third kappa shape index (κ3) is 6.96. The van der Waals surface area contributed by atoms with Crippen molar-refractivity contribution in [2.75, 3.05) is 26.5 Å². The maximum atomic E-state index is 13.6. The molecule has 14 heteroatoms. The number of hydrogen-bond acceptors (Lipinski definition) is 8. The highest BCUT2D eigenvalue weighted by Gasteiger charge is 2.36. The minimum Gasteiger partial charge on any atom is -0.493 e. The van der Waals surface area contributed by atoms with Crippen LogP contribution in [0.15, 0.2) is 41.6 Å². The standard InChI is InChI=1S/C23H25F3N4O6S/c1-35-17-7-5-14(10-18(17)36-2)12-30-13-15(6-8-21(30)32)16-11-19(23(24,25)26)29-22(28-16)37(33,34)9-3-4-20(27)31/h5-8,10-11,15H,3-4,9,12-13H2,1-2H3,(H2,27,31). The summed E-state index contributed by atoms with van der Waals surface area (Å²) in [6.07, 6.45) is -2.82. The molecule has 0 fully saturated rings. The van der Waals surface area contributed by atoms with E-state index in [0.29, 0.717) is 23.1 Å². The molecular weight excluding hydrogens is 517 g/mol. The monoisotopic (exact) mass is 542 g/mol. The quantitative estimate of drug-likeness (QED) is 0.451. The van der Waals surface area contributed by atoms with Crippen LogP contribution < -0.4 is 15.2 Å². The molecule has 0 saturated heterocycles. The summed E-state index contributed by atoms with van der Waals surface area (Å²) < 4.78 is 76.5. The van der Waals surface area contributed by atoms with Crippen LogP contribution >= 0.6 is 0 Å². The molecular formula is C23H25F3N4O6S. The Morgan fingerprint density at radius 1 is 1.16 bits per heavy atom. The number of rotatable bonds is 10. The summed E-state index contributed by atoms with van der Waals surface area (Å²) in [5, 5.41) is -1.00. The lowest BCUT2D eigenvalue weighted by Gasteiger charge is -2.29. The number of halogens is 3. The topological polar surface area (TPSA) is 142 Å². The third-order valence-corrected chi connectivity index (χ3v) is 7.10. The van der Waals surface area contributed by atoms with Gasteiger partial charge in [-0.25, -0.2) is 18.4 Å². The Balaban J connectivity index is 1.92. The Labute approximate surface area is 211 Å². The average Bonchev–Trinajstić information content (AvgIpc) is 2.84. The molecule has 1 unspecified atom stereocenters. The van der Waals surface area contributed by atoms with Crippen LogP contribution in [0.25, 0.3) is 0 Å². The Hall–Kier alpha value is -3.68. The van der Waals surface area contributed by atoms with Crippen molar-refractivity contribution in [3.05, 3.63) is 53.4 Å². The van der Waals surface area contributed by atoms with E-state index in [0.717, 1.165) is 0 Å². The number of sulfone groups is 1. The van der Waals surface area contributed by atoms with Crippen molar-refractivity contribution >= 4 is 21.7 Å². The lowest BCUT2D eigenvalue weighted by atomic mass is 9.99. The van der Waals surface area contributed by atoms with Gasteiger partial charge in [0.15, 0.2) is 11.5 Å². The normalized spacial score (nSPS) is 16.1. The second kappa shape index (κ2) is 11.2. The Morgan fingerprint density at radius 3 is 2.49 bits per heavy atom. The van der Waals surface area contributed by atoms with E-state index in [-0.39, 0.29) is 37.5 Å². The van der Waals surface area contributed by atoms with Gasteiger partial charge in [0, 0.05) is 25.4 Å². The number of nitrogens with two attached hydrogens (primary N) is 1. The molecule has 0 spiro atoms. The zero-order chi connectivity index (χ0) is 27.4. The molecule has 1 aromatic carbocycles. The average molecular weight is 543 g/mol. The number of alkyl halides is 3. The first-order chi connectivity index (χ1) is 17.3. The van der Waals surface area contributed by atoms with Gasteiger partial charge < -0.3 is 20.1 Å². The number of ether oxygens (including phenoxy) is 2. The molecule has 2 amide bonds. The highest BCUT2D eigenvalue weighted by atomic mass is 32.2. The van der Waals surface area contributed by atoms with Crippen LogP contribution in [0.3, 0.4) is 0 Å². The van der Waals surface area contributed by atoms with Gasteiger partial charge in [0.25, 0.3) is 0 Å². The summed E-state index contributed by atoms with van der Waals surface area (Å²) in [7, 11) is -1.41. The van der Waals surface area contributed by atoms with Crippen LogP contribution in [0.5, 0.6) is 11.5 Å². The van der Waals surface area contributed by atoms with Crippen LogP contribution in [0.2, 0.25) is 0 Å². The lowest BCUT2D eigenvalue weighted by molar-refractivity contribution is -0.141. The van der Waals surface area contributed by atoms with Crippen molar-refractivity contribution in [1.82, 2.24) is 14.9 Å². The molecule has 0 radical (unpaired) electrons. The Morgan fingerprint density at radius 2 is 1.86 bits per heavy atom. The SMILES string of the molecule is COc1ccc(CN2CC(c3cc(C(F)(F)F)nc(S(=O)(=O)CCCC(N)=O)n3)C=CC2=O)cc1OC. The molecule has 2 heterocycles. The number of amides is 2. The van der Waals surface area contributed by atoms with Gasteiger partial charge in [0.2, 0.25) is 26.8 Å². The summed E-state index contributed by atoms with van der Waals surface area (Å²) in [5.74, 6) is -1.68. The fraction of sp³-hybridized carbons (Fsp3) is 0.391. The maximum absolute atomic E-state index is 13.6. The minimum atomic E-state index is -4.94. The van der Waals surface area contributed by atoms with Gasteiger partial charge >= 0.3 is 6.18 Å². The van der Waals surface area contributed by atoms with Gasteiger partial charge in [0.1, 0.15) is 5.69 Å². The third-order valence-electron chi connectivity index (χ3n) is 5.53. The van der Waals surface area contributed by atoms with Crippen LogP contribution in [0.1, 0.15) is 35.7 Å². The van der Waals surface area contributed by atoms with E-state index in [4.69, 9.17) is 15.2 Å². The van der Waals surface area contributed by atoms with Gasteiger partial charge in [-0.1, -0.05) is 12.1 Å². The van der Waals surface area contributed by atoms with E-state index in [1.165, 1.54) is 31.3 Å². The fourth-order valence-corrected chi connectivity index (χ4v) is 4.86. The zero-order valence-corrected chi connectivity index (χ0v) is 20.8. The number of nitrogens with zero attached hydrogens (tertiary/aromatic N) is 3. The maximum Gasteiger partial charge on any atom is 0.433 e. The molecule has 1 aliphatic heterocycles. The molecule has 2 aromatic rings. The van der Waals surface area contributed by atoms with Gasteiger partial charge in [-0.2, -0.15) is 13.2 Å². The van der Waals surface area contributed by atoms with Crippen molar-refractivity contribution < 1.29 is 40.7 Å². The van der Waals surface area contributed by atoms with Crippen molar-refractivity contribution in [2.45, 2.75) is 36.6 Å². The highest BCUT2D eigenvalue weighted by Crippen LogP contribution is 2.32. The molecule has 0 aliphatic carbocycles. The molecule has 1 aliphatic rings. The number of primary amides is 1. The molecule has 37 heavy (non-hydrogen) atoms. The van der Waals surface area contributed by atoms with Gasteiger partial charge in [-0.15, -0.1) is 0 Å². The molecule has 1 aromatic heterocycles. The van der Waals surface area contributed by atoms with Crippen LogP contribution in [-0.2, 0) is 32.1 Å². The first-order valence-electron chi connectivity index (χ1n) is 11.0. The molecule has 2 N–H and O–H groups in total. The minimum absolute atomic E-state index is 0.0564. The van der Waals surface area contributed by atoms with Gasteiger partial charge in [-0.05, 0) is 36.3 Å².